The van der Waals surface area contributed by atoms with Crippen LogP contribution in [0.25, 0.3) is 0 Å². The molecule has 0 aromatic carbocycles. The van der Waals surface area contributed by atoms with Gasteiger partial charge in [0.1, 0.15) is 5.76 Å². The molecular formula is C16H18N2O7S. The van der Waals surface area contributed by atoms with Gasteiger partial charge in [0.25, 0.3) is 5.56 Å². The van der Waals surface area contributed by atoms with Gasteiger partial charge in [0, 0.05) is 25.4 Å². The van der Waals surface area contributed by atoms with Crippen molar-refractivity contribution in [3.8, 4) is 0 Å². The standard InChI is InChI=1S/C16H18N2O7S/c1-23-16(20)14-4-2-12(25-14)10-17-11-13(3-5-15(17)19)26(21,22)18-6-8-24-9-7-18/h2-5,11H,6-10H2,1H3. The fraction of sp³-hybridized carbons (Fsp3) is 0.375. The summed E-state index contributed by atoms with van der Waals surface area (Å²) in [6.45, 7) is 1.19. The smallest absolute Gasteiger partial charge is 0.373 e. The van der Waals surface area contributed by atoms with Gasteiger partial charge in [0.15, 0.2) is 0 Å². The zero-order valence-electron chi connectivity index (χ0n) is 14.1. The Morgan fingerprint density at radius 2 is 1.92 bits per heavy atom. The van der Waals surface area contributed by atoms with E-state index in [1.807, 2.05) is 0 Å². The molecule has 0 unspecified atom stereocenters. The molecule has 1 fully saturated rings. The summed E-state index contributed by atoms with van der Waals surface area (Å²) in [5, 5.41) is 0. The lowest BCUT2D eigenvalue weighted by atomic mass is 10.4. The Bertz CT molecular complexity index is 955. The van der Waals surface area contributed by atoms with Crippen molar-refractivity contribution >= 4 is 16.0 Å². The second kappa shape index (κ2) is 7.44. The Balaban J connectivity index is 1.87. The number of esters is 1. The Morgan fingerprint density at radius 3 is 2.62 bits per heavy atom. The number of sulfonamides is 1. The van der Waals surface area contributed by atoms with Crippen LogP contribution in [0.15, 0.2) is 44.6 Å². The van der Waals surface area contributed by atoms with E-state index in [0.717, 1.165) is 0 Å². The summed E-state index contributed by atoms with van der Waals surface area (Å²) < 4.78 is 43.0. The summed E-state index contributed by atoms with van der Waals surface area (Å²) in [5.41, 5.74) is -0.387. The van der Waals surface area contributed by atoms with E-state index in [9.17, 15) is 18.0 Å². The van der Waals surface area contributed by atoms with Crippen molar-refractivity contribution in [1.29, 1.82) is 0 Å². The maximum Gasteiger partial charge on any atom is 0.373 e. The van der Waals surface area contributed by atoms with Gasteiger partial charge < -0.3 is 18.5 Å². The fourth-order valence-corrected chi connectivity index (χ4v) is 3.99. The van der Waals surface area contributed by atoms with E-state index in [4.69, 9.17) is 9.15 Å². The number of rotatable bonds is 5. The number of methoxy groups -OCH3 is 1. The minimum atomic E-state index is -3.72. The zero-order chi connectivity index (χ0) is 18.7. The molecular weight excluding hydrogens is 364 g/mol. The maximum atomic E-state index is 12.7. The van der Waals surface area contributed by atoms with Crippen LogP contribution < -0.4 is 5.56 Å². The number of hydrogen-bond donors (Lipinski definition) is 0. The van der Waals surface area contributed by atoms with Crippen LogP contribution in [0, 0.1) is 0 Å². The minimum absolute atomic E-state index is 0.00708. The predicted octanol–water partition coefficient (Wildman–Crippen LogP) is 0.297. The Hall–Kier alpha value is -2.43. The van der Waals surface area contributed by atoms with Crippen molar-refractivity contribution in [2.45, 2.75) is 11.4 Å². The number of morpholine rings is 1. The molecule has 0 saturated carbocycles. The number of ether oxygens (including phenoxy) is 2. The van der Waals surface area contributed by atoms with E-state index < -0.39 is 16.0 Å². The van der Waals surface area contributed by atoms with Crippen molar-refractivity contribution < 1.29 is 27.1 Å². The molecule has 0 spiro atoms. The van der Waals surface area contributed by atoms with Crippen LogP contribution in [-0.2, 0) is 26.0 Å². The molecule has 26 heavy (non-hydrogen) atoms. The molecule has 3 heterocycles. The van der Waals surface area contributed by atoms with E-state index in [-0.39, 0.29) is 35.8 Å². The van der Waals surface area contributed by atoms with E-state index in [1.165, 1.54) is 46.4 Å². The lowest BCUT2D eigenvalue weighted by molar-refractivity contribution is 0.0563. The number of carbonyl (C=O) groups is 1. The summed E-state index contributed by atoms with van der Waals surface area (Å²) >= 11 is 0. The van der Waals surface area contributed by atoms with Crippen molar-refractivity contribution in [2.24, 2.45) is 0 Å². The molecule has 1 aliphatic rings. The van der Waals surface area contributed by atoms with E-state index in [2.05, 4.69) is 4.74 Å². The second-order valence-electron chi connectivity index (χ2n) is 5.60. The van der Waals surface area contributed by atoms with Gasteiger partial charge in [0.2, 0.25) is 15.8 Å². The normalized spacial score (nSPS) is 15.7. The van der Waals surface area contributed by atoms with Gasteiger partial charge in [-0.2, -0.15) is 4.31 Å². The van der Waals surface area contributed by atoms with Crippen LogP contribution in [0.5, 0.6) is 0 Å². The molecule has 0 atom stereocenters. The van der Waals surface area contributed by atoms with Crippen LogP contribution in [0.3, 0.4) is 0 Å². The molecule has 1 saturated heterocycles. The summed E-state index contributed by atoms with van der Waals surface area (Å²) in [5.74, 6) is -0.298. The van der Waals surface area contributed by atoms with E-state index >= 15 is 0 Å². The predicted molar refractivity (Wildman–Crippen MR) is 89.4 cm³/mol. The molecule has 10 heteroatoms. The topological polar surface area (TPSA) is 108 Å². The van der Waals surface area contributed by atoms with Crippen LogP contribution in [0.2, 0.25) is 0 Å². The summed E-state index contributed by atoms with van der Waals surface area (Å²) in [6, 6.07) is 5.44. The number of carbonyl (C=O) groups excluding carboxylic acids is 1. The van der Waals surface area contributed by atoms with Crippen molar-refractivity contribution in [3.05, 3.63) is 52.3 Å². The highest BCUT2D eigenvalue weighted by Crippen LogP contribution is 2.16. The lowest BCUT2D eigenvalue weighted by Crippen LogP contribution is -2.41. The van der Waals surface area contributed by atoms with Gasteiger partial charge in [-0.25, -0.2) is 13.2 Å². The van der Waals surface area contributed by atoms with Gasteiger partial charge >= 0.3 is 5.97 Å². The van der Waals surface area contributed by atoms with Crippen LogP contribution in [-0.4, -0.2) is 56.7 Å². The highest BCUT2D eigenvalue weighted by atomic mass is 32.2. The van der Waals surface area contributed by atoms with Crippen molar-refractivity contribution in [1.82, 2.24) is 8.87 Å². The van der Waals surface area contributed by atoms with Crippen LogP contribution in [0.1, 0.15) is 16.3 Å². The minimum Gasteiger partial charge on any atom is -0.463 e. The van der Waals surface area contributed by atoms with Gasteiger partial charge in [0.05, 0.1) is 31.8 Å². The summed E-state index contributed by atoms with van der Waals surface area (Å²) in [4.78, 5) is 23.5. The van der Waals surface area contributed by atoms with Crippen molar-refractivity contribution in [2.75, 3.05) is 33.4 Å². The molecule has 2 aromatic heterocycles. The third-order valence-electron chi connectivity index (χ3n) is 3.94. The Morgan fingerprint density at radius 1 is 1.19 bits per heavy atom. The quantitative estimate of drug-likeness (QED) is 0.684. The van der Waals surface area contributed by atoms with Gasteiger partial charge in [-0.05, 0) is 18.2 Å². The molecule has 2 aromatic rings. The first-order valence-electron chi connectivity index (χ1n) is 7.87. The molecule has 0 aliphatic carbocycles. The average molecular weight is 382 g/mol. The molecule has 9 nitrogen and oxygen atoms in total. The molecule has 1 aliphatic heterocycles. The first kappa shape index (κ1) is 18.4. The molecule has 0 amide bonds. The SMILES string of the molecule is COC(=O)c1ccc(Cn2cc(S(=O)(=O)N3CCOCC3)ccc2=O)o1. The first-order chi connectivity index (χ1) is 12.4. The number of pyridine rings is 1. The lowest BCUT2D eigenvalue weighted by Gasteiger charge is -2.26. The van der Waals surface area contributed by atoms with E-state index in [0.29, 0.717) is 19.0 Å². The second-order valence-corrected chi connectivity index (χ2v) is 7.54. The van der Waals surface area contributed by atoms with E-state index in [1.54, 1.807) is 0 Å². The Labute approximate surface area is 149 Å². The maximum absolute atomic E-state index is 12.7. The molecule has 3 rings (SSSR count). The zero-order valence-corrected chi connectivity index (χ0v) is 14.9. The number of nitrogens with zero attached hydrogens (tertiary/aromatic N) is 2. The molecule has 140 valence electrons. The summed E-state index contributed by atoms with van der Waals surface area (Å²) in [7, 11) is -2.49. The average Bonchev–Trinajstić information content (AvgIpc) is 3.12. The third kappa shape index (κ3) is 3.71. The first-order valence-corrected chi connectivity index (χ1v) is 9.31. The monoisotopic (exact) mass is 382 g/mol. The van der Waals surface area contributed by atoms with Gasteiger partial charge in [-0.1, -0.05) is 0 Å². The fourth-order valence-electron chi connectivity index (χ4n) is 2.56. The molecule has 0 bridgehead atoms. The number of hydrogen-bond acceptors (Lipinski definition) is 7. The summed E-state index contributed by atoms with van der Waals surface area (Å²) in [6.07, 6.45) is 1.27. The van der Waals surface area contributed by atoms with Gasteiger partial charge in [-0.3, -0.25) is 4.79 Å². The Kier molecular flexibility index (Phi) is 5.25. The highest BCUT2D eigenvalue weighted by Gasteiger charge is 2.27. The molecule has 0 N–H and O–H groups in total. The number of aromatic nitrogens is 1. The highest BCUT2D eigenvalue weighted by molar-refractivity contribution is 7.89. The van der Waals surface area contributed by atoms with Crippen LogP contribution in [0.4, 0.5) is 0 Å². The third-order valence-corrected chi connectivity index (χ3v) is 5.82. The van der Waals surface area contributed by atoms with Crippen LogP contribution >= 0.6 is 0 Å². The molecule has 0 radical (unpaired) electrons. The largest absolute Gasteiger partial charge is 0.463 e. The number of furan rings is 1. The van der Waals surface area contributed by atoms with Crippen molar-refractivity contribution in [3.63, 3.8) is 0 Å². The van der Waals surface area contributed by atoms with Gasteiger partial charge in [-0.15, -0.1) is 0 Å².